The number of carbonyl (C=O) groups is 1. The predicted octanol–water partition coefficient (Wildman–Crippen LogP) is 3.43. The number of benzene rings is 2. The van der Waals surface area contributed by atoms with E-state index in [0.29, 0.717) is 17.9 Å². The second-order valence-electron chi connectivity index (χ2n) is 6.59. The Morgan fingerprint density at radius 3 is 2.18 bits per heavy atom. The first-order valence-corrected chi connectivity index (χ1v) is 10.8. The molecule has 0 aromatic heterocycles. The van der Waals surface area contributed by atoms with Crippen LogP contribution in [0.4, 0.5) is 0 Å². The van der Waals surface area contributed by atoms with E-state index in [0.717, 1.165) is 12.0 Å². The van der Waals surface area contributed by atoms with Crippen molar-refractivity contribution in [1.82, 2.24) is 9.62 Å². The molecule has 0 aliphatic carbocycles. The van der Waals surface area contributed by atoms with E-state index in [4.69, 9.17) is 4.74 Å². The molecule has 0 aliphatic rings. The smallest absolute Gasteiger partial charge is 0.251 e. The fourth-order valence-corrected chi connectivity index (χ4v) is 4.07. The van der Waals surface area contributed by atoms with E-state index in [9.17, 15) is 13.2 Å². The number of sulfonamides is 1. The first-order chi connectivity index (χ1) is 13.3. The zero-order valence-electron chi connectivity index (χ0n) is 16.8. The maximum atomic E-state index is 12.9. The molecule has 0 saturated carbocycles. The van der Waals surface area contributed by atoms with E-state index in [2.05, 4.69) is 5.32 Å². The van der Waals surface area contributed by atoms with E-state index in [1.807, 2.05) is 13.8 Å². The number of carbonyl (C=O) groups excluding carboxylic acids is 1. The molecule has 0 bridgehead atoms. The molecular weight excluding hydrogens is 376 g/mol. The Hall–Kier alpha value is -2.38. The van der Waals surface area contributed by atoms with Gasteiger partial charge in [-0.1, -0.05) is 26.0 Å². The molecule has 152 valence electrons. The van der Waals surface area contributed by atoms with Gasteiger partial charge in [-0.15, -0.1) is 0 Å². The number of hydrogen-bond donors (Lipinski definition) is 1. The minimum absolute atomic E-state index is 0.109. The lowest BCUT2D eigenvalue weighted by atomic mass is 10.1. The summed E-state index contributed by atoms with van der Waals surface area (Å²) >= 11 is 0. The number of amides is 1. The van der Waals surface area contributed by atoms with Crippen molar-refractivity contribution in [2.24, 2.45) is 0 Å². The molecule has 1 atom stereocenters. The fraction of sp³-hybridized carbons (Fsp3) is 0.381. The summed E-state index contributed by atoms with van der Waals surface area (Å²) < 4.78 is 32.3. The standard InChI is InChI=1S/C21H28N2O4S/c1-5-16(3)22-21(24)18-9-7-17(8-10-18)15-23(6-2)28(25,26)20-13-11-19(27-4)12-14-20/h7-14,16H,5-6,15H2,1-4H3,(H,22,24). The molecular formula is C21H28N2O4S. The normalized spacial score (nSPS) is 12.6. The molecule has 0 aliphatic heterocycles. The molecule has 1 N–H and O–H groups in total. The highest BCUT2D eigenvalue weighted by atomic mass is 32.2. The van der Waals surface area contributed by atoms with Crippen molar-refractivity contribution in [3.63, 3.8) is 0 Å². The Morgan fingerprint density at radius 2 is 1.68 bits per heavy atom. The van der Waals surface area contributed by atoms with E-state index in [-0.39, 0.29) is 23.4 Å². The summed E-state index contributed by atoms with van der Waals surface area (Å²) in [5.74, 6) is 0.479. The molecule has 0 radical (unpaired) electrons. The molecule has 2 aromatic carbocycles. The number of rotatable bonds is 9. The average molecular weight is 405 g/mol. The maximum Gasteiger partial charge on any atom is 0.251 e. The van der Waals surface area contributed by atoms with Gasteiger partial charge in [-0.2, -0.15) is 4.31 Å². The van der Waals surface area contributed by atoms with Crippen LogP contribution >= 0.6 is 0 Å². The van der Waals surface area contributed by atoms with Gasteiger partial charge < -0.3 is 10.1 Å². The molecule has 7 heteroatoms. The van der Waals surface area contributed by atoms with Crippen molar-refractivity contribution in [2.75, 3.05) is 13.7 Å². The molecule has 0 spiro atoms. The van der Waals surface area contributed by atoms with Crippen LogP contribution in [-0.2, 0) is 16.6 Å². The molecule has 1 amide bonds. The van der Waals surface area contributed by atoms with Gasteiger partial charge in [0, 0.05) is 24.7 Å². The van der Waals surface area contributed by atoms with Crippen molar-refractivity contribution >= 4 is 15.9 Å². The third kappa shape index (κ3) is 5.33. The topological polar surface area (TPSA) is 75.7 Å². The lowest BCUT2D eigenvalue weighted by molar-refractivity contribution is 0.0939. The van der Waals surface area contributed by atoms with Gasteiger partial charge >= 0.3 is 0 Å². The summed E-state index contributed by atoms with van der Waals surface area (Å²) in [6.07, 6.45) is 0.860. The summed E-state index contributed by atoms with van der Waals surface area (Å²) in [7, 11) is -2.09. The van der Waals surface area contributed by atoms with Crippen LogP contribution in [0.25, 0.3) is 0 Å². The monoisotopic (exact) mass is 404 g/mol. The molecule has 6 nitrogen and oxygen atoms in total. The van der Waals surface area contributed by atoms with Crippen LogP contribution in [0.2, 0.25) is 0 Å². The maximum absolute atomic E-state index is 12.9. The largest absolute Gasteiger partial charge is 0.497 e. The summed E-state index contributed by atoms with van der Waals surface area (Å²) in [6, 6.07) is 13.5. The van der Waals surface area contributed by atoms with Crippen LogP contribution < -0.4 is 10.1 Å². The van der Waals surface area contributed by atoms with Gasteiger partial charge in [0.1, 0.15) is 5.75 Å². The second-order valence-corrected chi connectivity index (χ2v) is 8.52. The van der Waals surface area contributed by atoms with Crippen molar-refractivity contribution in [2.45, 2.75) is 44.7 Å². The first kappa shape index (κ1) is 21.9. The van der Waals surface area contributed by atoms with Crippen molar-refractivity contribution < 1.29 is 17.9 Å². The molecule has 0 heterocycles. The summed E-state index contributed by atoms with van der Waals surface area (Å²) in [4.78, 5) is 12.4. The molecule has 0 fully saturated rings. The van der Waals surface area contributed by atoms with Gasteiger partial charge in [0.2, 0.25) is 10.0 Å². The number of nitrogens with one attached hydrogen (secondary N) is 1. The molecule has 2 aromatic rings. The van der Waals surface area contributed by atoms with Gasteiger partial charge in [-0.3, -0.25) is 4.79 Å². The van der Waals surface area contributed by atoms with Crippen molar-refractivity contribution in [3.8, 4) is 5.75 Å². The zero-order chi connectivity index (χ0) is 20.7. The number of ether oxygens (including phenoxy) is 1. The number of methoxy groups -OCH3 is 1. The SMILES string of the molecule is CCC(C)NC(=O)c1ccc(CN(CC)S(=O)(=O)c2ccc(OC)cc2)cc1. The van der Waals surface area contributed by atoms with E-state index < -0.39 is 10.0 Å². The van der Waals surface area contributed by atoms with Gasteiger partial charge in [0.15, 0.2) is 0 Å². The Bertz CT molecular complexity index is 878. The quantitative estimate of drug-likeness (QED) is 0.695. The summed E-state index contributed by atoms with van der Waals surface area (Å²) in [5.41, 5.74) is 1.38. The van der Waals surface area contributed by atoms with Crippen LogP contribution in [0, 0.1) is 0 Å². The van der Waals surface area contributed by atoms with E-state index in [1.54, 1.807) is 55.5 Å². The minimum atomic E-state index is -3.62. The van der Waals surface area contributed by atoms with Gasteiger partial charge in [0.25, 0.3) is 5.91 Å². The van der Waals surface area contributed by atoms with Crippen LogP contribution in [-0.4, -0.2) is 38.3 Å². The number of nitrogens with zero attached hydrogens (tertiary/aromatic N) is 1. The summed E-state index contributed by atoms with van der Waals surface area (Å²) in [5, 5.41) is 2.92. The first-order valence-electron chi connectivity index (χ1n) is 9.35. The minimum Gasteiger partial charge on any atom is -0.497 e. The van der Waals surface area contributed by atoms with E-state index in [1.165, 1.54) is 11.4 Å². The van der Waals surface area contributed by atoms with Gasteiger partial charge in [0.05, 0.1) is 12.0 Å². The third-order valence-corrected chi connectivity index (χ3v) is 6.55. The lowest BCUT2D eigenvalue weighted by Crippen LogP contribution is -2.32. The van der Waals surface area contributed by atoms with Crippen LogP contribution in [0.15, 0.2) is 53.4 Å². The Balaban J connectivity index is 2.14. The molecule has 0 saturated heterocycles. The molecule has 28 heavy (non-hydrogen) atoms. The van der Waals surface area contributed by atoms with Crippen LogP contribution in [0.1, 0.15) is 43.1 Å². The average Bonchev–Trinajstić information content (AvgIpc) is 2.72. The van der Waals surface area contributed by atoms with Crippen molar-refractivity contribution in [1.29, 1.82) is 0 Å². The molecule has 1 unspecified atom stereocenters. The van der Waals surface area contributed by atoms with Crippen LogP contribution in [0.5, 0.6) is 5.75 Å². The highest BCUT2D eigenvalue weighted by Gasteiger charge is 2.23. The highest BCUT2D eigenvalue weighted by Crippen LogP contribution is 2.21. The Kier molecular flexibility index (Phi) is 7.60. The molecule has 2 rings (SSSR count). The predicted molar refractivity (Wildman–Crippen MR) is 110 cm³/mol. The third-order valence-electron chi connectivity index (χ3n) is 4.61. The van der Waals surface area contributed by atoms with Crippen molar-refractivity contribution in [3.05, 3.63) is 59.7 Å². The zero-order valence-corrected chi connectivity index (χ0v) is 17.6. The van der Waals surface area contributed by atoms with Crippen LogP contribution in [0.3, 0.4) is 0 Å². The lowest BCUT2D eigenvalue weighted by Gasteiger charge is -2.21. The highest BCUT2D eigenvalue weighted by molar-refractivity contribution is 7.89. The Labute approximate surface area is 167 Å². The number of hydrogen-bond acceptors (Lipinski definition) is 4. The fourth-order valence-electron chi connectivity index (χ4n) is 2.64. The summed E-state index contributed by atoms with van der Waals surface area (Å²) in [6.45, 7) is 6.34. The van der Waals surface area contributed by atoms with E-state index >= 15 is 0 Å². The second kappa shape index (κ2) is 9.71. The van der Waals surface area contributed by atoms with Gasteiger partial charge in [-0.05, 0) is 55.3 Å². The Morgan fingerprint density at radius 1 is 1.07 bits per heavy atom. The van der Waals surface area contributed by atoms with Gasteiger partial charge in [-0.25, -0.2) is 8.42 Å².